The molecule has 4 heteroatoms. The first-order valence-electron chi connectivity index (χ1n) is 5.98. The van der Waals surface area contributed by atoms with Gasteiger partial charge in [0.15, 0.2) is 0 Å². The Bertz CT molecular complexity index is 238. The first-order valence-corrected chi connectivity index (χ1v) is 7.10. The summed E-state index contributed by atoms with van der Waals surface area (Å²) in [4.78, 5) is 11.6. The Morgan fingerprint density at radius 2 is 2.00 bits per heavy atom. The maximum atomic E-state index is 11.6. The molecule has 0 radical (unpaired) electrons. The number of halogens is 1. The predicted octanol–water partition coefficient (Wildman–Crippen LogP) is 3.46. The summed E-state index contributed by atoms with van der Waals surface area (Å²) in [5, 5.41) is 3.94. The van der Waals surface area contributed by atoms with Crippen LogP contribution in [0, 0.1) is 5.92 Å². The third-order valence-electron chi connectivity index (χ3n) is 2.81. The fourth-order valence-electron chi connectivity index (χ4n) is 2.04. The molecule has 2 atom stereocenters. The van der Waals surface area contributed by atoms with Crippen molar-refractivity contribution in [1.82, 2.24) is 5.32 Å². The molecule has 1 amide bonds. The normalized spacial score (nSPS) is 26.2. The van der Waals surface area contributed by atoms with Crippen LogP contribution in [-0.2, 0) is 4.74 Å². The zero-order valence-electron chi connectivity index (χ0n) is 10.4. The first kappa shape index (κ1) is 13.8. The van der Waals surface area contributed by atoms with E-state index in [9.17, 15) is 4.79 Å². The van der Waals surface area contributed by atoms with Crippen molar-refractivity contribution in [3.05, 3.63) is 0 Å². The maximum Gasteiger partial charge on any atom is 0.407 e. The fourth-order valence-corrected chi connectivity index (χ4v) is 2.82. The van der Waals surface area contributed by atoms with Crippen molar-refractivity contribution in [2.45, 2.75) is 58.1 Å². The standard InChI is InChI=1S/C12H22BrNO2/c1-12(2,3)16-11(15)14-10-7-5-4-6-9(10)8-13/h9-10H,4-8H2,1-3H3,(H,14,15). The maximum absolute atomic E-state index is 11.6. The van der Waals surface area contributed by atoms with Gasteiger partial charge < -0.3 is 10.1 Å². The molecule has 0 aliphatic heterocycles. The number of amides is 1. The average molecular weight is 292 g/mol. The smallest absolute Gasteiger partial charge is 0.407 e. The van der Waals surface area contributed by atoms with Crippen molar-refractivity contribution in [2.75, 3.05) is 5.33 Å². The summed E-state index contributed by atoms with van der Waals surface area (Å²) in [6.45, 7) is 5.65. The summed E-state index contributed by atoms with van der Waals surface area (Å²) in [7, 11) is 0. The van der Waals surface area contributed by atoms with Gasteiger partial charge in [-0.1, -0.05) is 28.8 Å². The van der Waals surface area contributed by atoms with Gasteiger partial charge in [-0.15, -0.1) is 0 Å². The molecule has 1 fully saturated rings. The third kappa shape index (κ3) is 4.73. The SMILES string of the molecule is CC(C)(C)OC(=O)NC1CCCCC1CBr. The summed E-state index contributed by atoms with van der Waals surface area (Å²) in [5.74, 6) is 0.543. The van der Waals surface area contributed by atoms with Gasteiger partial charge in [0.1, 0.15) is 5.60 Å². The summed E-state index contributed by atoms with van der Waals surface area (Å²) in [6.07, 6.45) is 4.43. The molecule has 94 valence electrons. The Balaban J connectivity index is 2.42. The van der Waals surface area contributed by atoms with Gasteiger partial charge in [-0.05, 0) is 39.5 Å². The number of hydrogen-bond acceptors (Lipinski definition) is 2. The zero-order chi connectivity index (χ0) is 12.2. The van der Waals surface area contributed by atoms with Crippen LogP contribution in [0.1, 0.15) is 46.5 Å². The van der Waals surface area contributed by atoms with E-state index in [2.05, 4.69) is 21.2 Å². The summed E-state index contributed by atoms with van der Waals surface area (Å²) in [6, 6.07) is 0.267. The van der Waals surface area contributed by atoms with Crippen molar-refractivity contribution < 1.29 is 9.53 Å². The van der Waals surface area contributed by atoms with Crippen molar-refractivity contribution >= 4 is 22.0 Å². The quantitative estimate of drug-likeness (QED) is 0.791. The Labute approximate surface area is 106 Å². The molecule has 0 bridgehead atoms. The molecule has 0 aromatic rings. The second-order valence-corrected chi connectivity index (χ2v) is 6.10. The number of hydrogen-bond donors (Lipinski definition) is 1. The van der Waals surface area contributed by atoms with Crippen LogP contribution in [0.25, 0.3) is 0 Å². The lowest BCUT2D eigenvalue weighted by atomic mass is 9.86. The molecule has 0 aromatic heterocycles. The lowest BCUT2D eigenvalue weighted by Gasteiger charge is -2.31. The van der Waals surface area contributed by atoms with Crippen molar-refractivity contribution in [3.63, 3.8) is 0 Å². The molecular formula is C12H22BrNO2. The number of carbonyl (C=O) groups is 1. The van der Waals surface area contributed by atoms with Gasteiger partial charge in [0, 0.05) is 11.4 Å². The summed E-state index contributed by atoms with van der Waals surface area (Å²) in [5.41, 5.74) is -0.414. The first-order chi connectivity index (χ1) is 7.42. The number of ether oxygens (including phenoxy) is 1. The van der Waals surface area contributed by atoms with Gasteiger partial charge in [0.25, 0.3) is 0 Å². The van der Waals surface area contributed by atoms with Gasteiger partial charge in [0.2, 0.25) is 0 Å². The van der Waals surface area contributed by atoms with Crippen molar-refractivity contribution in [3.8, 4) is 0 Å². The number of nitrogens with one attached hydrogen (secondary N) is 1. The van der Waals surface area contributed by atoms with Crippen LogP contribution in [0.5, 0.6) is 0 Å². The Hall–Kier alpha value is -0.250. The minimum Gasteiger partial charge on any atom is -0.444 e. The van der Waals surface area contributed by atoms with Crippen LogP contribution in [0.4, 0.5) is 4.79 Å². The van der Waals surface area contributed by atoms with Crippen LogP contribution in [-0.4, -0.2) is 23.1 Å². The van der Waals surface area contributed by atoms with E-state index in [-0.39, 0.29) is 12.1 Å². The second-order valence-electron chi connectivity index (χ2n) is 5.45. The number of alkyl halides is 1. The molecule has 1 aliphatic rings. The molecule has 1 N–H and O–H groups in total. The van der Waals surface area contributed by atoms with Crippen molar-refractivity contribution in [2.24, 2.45) is 5.92 Å². The molecule has 0 saturated heterocycles. The monoisotopic (exact) mass is 291 g/mol. The number of carbonyl (C=O) groups excluding carboxylic acids is 1. The predicted molar refractivity (Wildman–Crippen MR) is 68.9 cm³/mol. The zero-order valence-corrected chi connectivity index (χ0v) is 12.0. The topological polar surface area (TPSA) is 38.3 Å². The highest BCUT2D eigenvalue weighted by Gasteiger charge is 2.27. The van der Waals surface area contributed by atoms with E-state index in [4.69, 9.17) is 4.74 Å². The molecule has 0 heterocycles. The Morgan fingerprint density at radius 3 is 2.56 bits per heavy atom. The van der Waals surface area contributed by atoms with Crippen molar-refractivity contribution in [1.29, 1.82) is 0 Å². The van der Waals surface area contributed by atoms with Crippen LogP contribution in [0.15, 0.2) is 0 Å². The number of alkyl carbamates (subject to hydrolysis) is 1. The minimum atomic E-state index is -0.414. The van der Waals surface area contributed by atoms with E-state index >= 15 is 0 Å². The lowest BCUT2D eigenvalue weighted by molar-refractivity contribution is 0.0475. The van der Waals surface area contributed by atoms with E-state index in [0.717, 1.165) is 11.8 Å². The van der Waals surface area contributed by atoms with Gasteiger partial charge in [-0.2, -0.15) is 0 Å². The Kier molecular flexibility index (Phi) is 5.09. The fraction of sp³-hybridized carbons (Fsp3) is 0.917. The molecule has 16 heavy (non-hydrogen) atoms. The molecule has 0 aromatic carbocycles. The third-order valence-corrected chi connectivity index (χ3v) is 3.64. The van der Waals surface area contributed by atoms with E-state index in [0.29, 0.717) is 5.92 Å². The van der Waals surface area contributed by atoms with E-state index in [1.807, 2.05) is 20.8 Å². The largest absolute Gasteiger partial charge is 0.444 e. The molecular weight excluding hydrogens is 270 g/mol. The second kappa shape index (κ2) is 5.89. The highest BCUT2D eigenvalue weighted by Crippen LogP contribution is 2.26. The Morgan fingerprint density at radius 1 is 1.38 bits per heavy atom. The van der Waals surface area contributed by atoms with E-state index < -0.39 is 5.60 Å². The average Bonchev–Trinajstić information content (AvgIpc) is 2.15. The molecule has 3 nitrogen and oxygen atoms in total. The minimum absolute atomic E-state index is 0.267. The molecule has 0 spiro atoms. The molecule has 1 aliphatic carbocycles. The van der Waals surface area contributed by atoms with Gasteiger partial charge in [0.05, 0.1) is 0 Å². The highest BCUT2D eigenvalue weighted by molar-refractivity contribution is 9.09. The van der Waals surface area contributed by atoms with Crippen LogP contribution in [0.2, 0.25) is 0 Å². The summed E-state index contributed by atoms with van der Waals surface area (Å²) < 4.78 is 5.27. The van der Waals surface area contributed by atoms with Crippen LogP contribution >= 0.6 is 15.9 Å². The van der Waals surface area contributed by atoms with E-state index in [1.54, 1.807) is 0 Å². The van der Waals surface area contributed by atoms with Crippen LogP contribution in [0.3, 0.4) is 0 Å². The van der Waals surface area contributed by atoms with Gasteiger partial charge in [-0.3, -0.25) is 0 Å². The lowest BCUT2D eigenvalue weighted by Crippen LogP contribution is -2.44. The molecule has 1 rings (SSSR count). The van der Waals surface area contributed by atoms with Gasteiger partial charge in [-0.25, -0.2) is 4.79 Å². The molecule has 2 unspecified atom stereocenters. The molecule has 1 saturated carbocycles. The van der Waals surface area contributed by atoms with E-state index in [1.165, 1.54) is 19.3 Å². The summed E-state index contributed by atoms with van der Waals surface area (Å²) >= 11 is 3.51. The highest BCUT2D eigenvalue weighted by atomic mass is 79.9. The number of rotatable bonds is 2. The van der Waals surface area contributed by atoms with Gasteiger partial charge >= 0.3 is 6.09 Å². The van der Waals surface area contributed by atoms with Crippen LogP contribution < -0.4 is 5.32 Å².